The summed E-state index contributed by atoms with van der Waals surface area (Å²) in [6, 6.07) is 4.92. The van der Waals surface area contributed by atoms with Crippen LogP contribution >= 0.6 is 8.60 Å². The fourth-order valence-corrected chi connectivity index (χ4v) is 2.08. The predicted molar refractivity (Wildman–Crippen MR) is 63.6 cm³/mol. The Morgan fingerprint density at radius 2 is 1.81 bits per heavy atom. The van der Waals surface area contributed by atoms with Crippen LogP contribution in [0.3, 0.4) is 0 Å². The molecule has 0 aromatic heterocycles. The molecule has 0 spiro atoms. The van der Waals surface area contributed by atoms with Crippen molar-refractivity contribution in [2.75, 3.05) is 13.2 Å². The number of hydrogen-bond donors (Lipinski definition) is 1. The van der Waals surface area contributed by atoms with E-state index in [1.807, 2.05) is 20.8 Å². The molecule has 4 nitrogen and oxygen atoms in total. The van der Waals surface area contributed by atoms with Crippen molar-refractivity contribution in [3.63, 3.8) is 0 Å². The third kappa shape index (κ3) is 3.97. The molecule has 90 valence electrons. The van der Waals surface area contributed by atoms with E-state index in [0.29, 0.717) is 19.0 Å². The lowest BCUT2D eigenvalue weighted by atomic mass is 10.2. The van der Waals surface area contributed by atoms with E-state index in [0.717, 1.165) is 5.56 Å². The summed E-state index contributed by atoms with van der Waals surface area (Å²) in [4.78, 5) is 0. The normalized spacial score (nSPS) is 10.8. The van der Waals surface area contributed by atoms with Crippen LogP contribution < -0.4 is 4.52 Å². The van der Waals surface area contributed by atoms with Crippen molar-refractivity contribution < 1.29 is 18.7 Å². The van der Waals surface area contributed by atoms with E-state index in [9.17, 15) is 5.11 Å². The van der Waals surface area contributed by atoms with Crippen LogP contribution in [0.1, 0.15) is 19.4 Å². The van der Waals surface area contributed by atoms with Crippen LogP contribution in [0, 0.1) is 6.92 Å². The topological polar surface area (TPSA) is 47.9 Å². The number of phenolic OH excluding ortho intramolecular Hbond substituents is 1. The summed E-state index contributed by atoms with van der Waals surface area (Å²) in [7, 11) is -1.34. The standard InChI is InChI=1S/C11H17O4P/c1-4-13-16(14-5-2)15-11-7-6-10(12)8-9(11)3/h6-8,12H,4-5H2,1-3H3. The van der Waals surface area contributed by atoms with Crippen molar-refractivity contribution in [3.8, 4) is 11.5 Å². The molecule has 0 saturated heterocycles. The molecule has 0 saturated carbocycles. The number of benzene rings is 1. The first-order chi connectivity index (χ1) is 7.67. The van der Waals surface area contributed by atoms with Crippen molar-refractivity contribution in [1.82, 2.24) is 0 Å². The first-order valence-electron chi connectivity index (χ1n) is 5.21. The zero-order chi connectivity index (χ0) is 12.0. The minimum atomic E-state index is -1.34. The van der Waals surface area contributed by atoms with Crippen molar-refractivity contribution in [2.24, 2.45) is 0 Å². The van der Waals surface area contributed by atoms with Gasteiger partial charge in [-0.2, -0.15) is 0 Å². The third-order valence-corrected chi connectivity index (χ3v) is 3.08. The molecular formula is C11H17O4P. The summed E-state index contributed by atoms with van der Waals surface area (Å²) in [6.45, 7) is 6.73. The van der Waals surface area contributed by atoms with Crippen molar-refractivity contribution in [2.45, 2.75) is 20.8 Å². The molecule has 0 aliphatic heterocycles. The molecule has 5 heteroatoms. The van der Waals surface area contributed by atoms with Crippen LogP contribution in [-0.2, 0) is 9.05 Å². The molecule has 16 heavy (non-hydrogen) atoms. The minimum Gasteiger partial charge on any atom is -0.508 e. The zero-order valence-electron chi connectivity index (χ0n) is 9.77. The number of aryl methyl sites for hydroxylation is 1. The van der Waals surface area contributed by atoms with Gasteiger partial charge in [-0.25, -0.2) is 0 Å². The lowest BCUT2D eigenvalue weighted by Gasteiger charge is -2.16. The Morgan fingerprint density at radius 1 is 1.19 bits per heavy atom. The molecule has 1 rings (SSSR count). The van der Waals surface area contributed by atoms with E-state index < -0.39 is 8.60 Å². The second-order valence-corrected chi connectivity index (χ2v) is 4.25. The largest absolute Gasteiger partial charge is 0.508 e. The molecule has 0 atom stereocenters. The fraction of sp³-hybridized carbons (Fsp3) is 0.455. The van der Waals surface area contributed by atoms with E-state index >= 15 is 0 Å². The first kappa shape index (κ1) is 13.2. The zero-order valence-corrected chi connectivity index (χ0v) is 10.7. The van der Waals surface area contributed by atoms with Crippen LogP contribution in [0.2, 0.25) is 0 Å². The Morgan fingerprint density at radius 3 is 2.31 bits per heavy atom. The summed E-state index contributed by atoms with van der Waals surface area (Å²) in [6.07, 6.45) is 0. The number of aromatic hydroxyl groups is 1. The number of hydrogen-bond acceptors (Lipinski definition) is 4. The lowest BCUT2D eigenvalue weighted by Crippen LogP contribution is -1.98. The van der Waals surface area contributed by atoms with Gasteiger partial charge in [-0.1, -0.05) is 0 Å². The van der Waals surface area contributed by atoms with Crippen LogP contribution in [0.25, 0.3) is 0 Å². The summed E-state index contributed by atoms with van der Waals surface area (Å²) in [5.74, 6) is 0.896. The predicted octanol–water partition coefficient (Wildman–Crippen LogP) is 3.38. The Hall–Kier alpha value is -0.830. The highest BCUT2D eigenvalue weighted by Crippen LogP contribution is 2.41. The fourth-order valence-electron chi connectivity index (χ4n) is 1.12. The molecule has 0 fully saturated rings. The molecule has 0 unspecified atom stereocenters. The first-order valence-corrected chi connectivity index (χ1v) is 6.30. The van der Waals surface area contributed by atoms with Crippen molar-refractivity contribution in [3.05, 3.63) is 23.8 Å². The average molecular weight is 244 g/mol. The van der Waals surface area contributed by atoms with E-state index in [1.54, 1.807) is 18.2 Å². The van der Waals surface area contributed by atoms with Crippen molar-refractivity contribution >= 4 is 8.60 Å². The monoisotopic (exact) mass is 244 g/mol. The van der Waals surface area contributed by atoms with Gasteiger partial charge in [0.15, 0.2) is 0 Å². The van der Waals surface area contributed by atoms with E-state index in [1.165, 1.54) is 0 Å². The molecule has 0 aliphatic carbocycles. The van der Waals surface area contributed by atoms with Crippen molar-refractivity contribution in [1.29, 1.82) is 0 Å². The SMILES string of the molecule is CCOP(OCC)Oc1ccc(O)cc1C. The Labute approximate surface area is 97.2 Å². The molecule has 1 N–H and O–H groups in total. The second kappa shape index (κ2) is 6.69. The number of phenols is 1. The van der Waals surface area contributed by atoms with Gasteiger partial charge in [0.1, 0.15) is 11.5 Å². The lowest BCUT2D eigenvalue weighted by molar-refractivity contribution is 0.221. The average Bonchev–Trinajstić information content (AvgIpc) is 2.23. The Bertz CT molecular complexity index is 324. The second-order valence-electron chi connectivity index (χ2n) is 3.10. The Balaban J connectivity index is 2.68. The molecule has 0 radical (unpaired) electrons. The van der Waals surface area contributed by atoms with Gasteiger partial charge < -0.3 is 18.7 Å². The quantitative estimate of drug-likeness (QED) is 0.779. The van der Waals surface area contributed by atoms with E-state index in [-0.39, 0.29) is 5.75 Å². The van der Waals surface area contributed by atoms with Gasteiger partial charge in [0.25, 0.3) is 0 Å². The molecular weight excluding hydrogens is 227 g/mol. The van der Waals surface area contributed by atoms with Gasteiger partial charge in [-0.3, -0.25) is 0 Å². The van der Waals surface area contributed by atoms with Gasteiger partial charge in [0.2, 0.25) is 0 Å². The van der Waals surface area contributed by atoms with Gasteiger partial charge in [0.05, 0.1) is 13.2 Å². The van der Waals surface area contributed by atoms with Gasteiger partial charge in [0, 0.05) is 0 Å². The highest BCUT2D eigenvalue weighted by atomic mass is 31.2. The van der Waals surface area contributed by atoms with Gasteiger partial charge >= 0.3 is 8.60 Å². The molecule has 1 aromatic carbocycles. The highest BCUT2D eigenvalue weighted by molar-refractivity contribution is 7.42. The summed E-state index contributed by atoms with van der Waals surface area (Å²) in [5.41, 5.74) is 0.854. The van der Waals surface area contributed by atoms with E-state index in [4.69, 9.17) is 13.6 Å². The third-order valence-electron chi connectivity index (χ3n) is 1.80. The summed E-state index contributed by atoms with van der Waals surface area (Å²) in [5, 5.41) is 9.27. The molecule has 0 amide bonds. The maximum Gasteiger partial charge on any atom is 0.397 e. The molecule has 0 aliphatic rings. The smallest absolute Gasteiger partial charge is 0.397 e. The minimum absolute atomic E-state index is 0.224. The Kier molecular flexibility index (Phi) is 5.53. The maximum absolute atomic E-state index is 9.27. The van der Waals surface area contributed by atoms with Gasteiger partial charge in [-0.05, 0) is 44.5 Å². The van der Waals surface area contributed by atoms with Crippen LogP contribution in [-0.4, -0.2) is 18.3 Å². The molecule has 0 bridgehead atoms. The highest BCUT2D eigenvalue weighted by Gasteiger charge is 2.14. The van der Waals surface area contributed by atoms with Gasteiger partial charge in [-0.15, -0.1) is 0 Å². The maximum atomic E-state index is 9.27. The van der Waals surface area contributed by atoms with Crippen LogP contribution in [0.5, 0.6) is 11.5 Å². The summed E-state index contributed by atoms with van der Waals surface area (Å²) >= 11 is 0. The molecule has 1 aromatic rings. The number of rotatable bonds is 6. The molecule has 0 heterocycles. The summed E-state index contributed by atoms with van der Waals surface area (Å²) < 4.78 is 16.2. The van der Waals surface area contributed by atoms with Crippen LogP contribution in [0.4, 0.5) is 0 Å². The van der Waals surface area contributed by atoms with Crippen LogP contribution in [0.15, 0.2) is 18.2 Å². The van der Waals surface area contributed by atoms with E-state index in [2.05, 4.69) is 0 Å².